The topological polar surface area (TPSA) is 157 Å². The highest BCUT2D eigenvalue weighted by Crippen LogP contribution is 2.41. The number of rotatable bonds is 8. The van der Waals surface area contributed by atoms with Crippen LogP contribution in [0.3, 0.4) is 0 Å². The molecule has 210 valence electrons. The fourth-order valence-corrected chi connectivity index (χ4v) is 5.42. The Kier molecular flexibility index (Phi) is 6.75. The maximum atomic E-state index is 16.1. The molecule has 1 unspecified atom stereocenters. The molecule has 5 aromatic rings. The summed E-state index contributed by atoms with van der Waals surface area (Å²) in [5, 5.41) is 22.7. The van der Waals surface area contributed by atoms with Crippen LogP contribution in [-0.2, 0) is 6.42 Å². The Morgan fingerprint density at radius 1 is 1.29 bits per heavy atom. The average Bonchev–Trinajstić information content (AvgIpc) is 3.72. The summed E-state index contributed by atoms with van der Waals surface area (Å²) in [4.78, 5) is 31.6. The number of carboxylic acid groups (broad SMARTS) is 1. The Labute approximate surface area is 235 Å². The number of thiophene rings is 1. The predicted octanol–water partition coefficient (Wildman–Crippen LogP) is 4.35. The Balaban J connectivity index is 1.46. The minimum absolute atomic E-state index is 0.0549. The molecule has 4 heterocycles. The normalized spacial score (nSPS) is 13.3. The highest BCUT2D eigenvalue weighted by atomic mass is 32.1. The number of H-pyrrole nitrogens is 1. The van der Waals surface area contributed by atoms with Gasteiger partial charge in [0, 0.05) is 29.3 Å². The van der Waals surface area contributed by atoms with Gasteiger partial charge in [-0.3, -0.25) is 4.98 Å². The minimum Gasteiger partial charge on any atom is -0.493 e. The first-order chi connectivity index (χ1) is 19.8. The van der Waals surface area contributed by atoms with Gasteiger partial charge in [-0.05, 0) is 54.6 Å². The summed E-state index contributed by atoms with van der Waals surface area (Å²) in [5.41, 5.74) is 1.23. The number of nitrogens with one attached hydrogen (secondary N) is 2. The molecule has 1 atom stereocenters. The number of hydrogen-bond acceptors (Lipinski definition) is 10. The van der Waals surface area contributed by atoms with Gasteiger partial charge in [-0.25, -0.2) is 14.0 Å². The van der Waals surface area contributed by atoms with E-state index in [1.54, 1.807) is 36.6 Å². The Morgan fingerprint density at radius 3 is 2.80 bits per heavy atom. The second-order valence-corrected chi connectivity index (χ2v) is 10.1. The molecule has 1 aliphatic heterocycles. The van der Waals surface area contributed by atoms with Crippen molar-refractivity contribution in [2.24, 2.45) is 0 Å². The zero-order valence-electron chi connectivity index (χ0n) is 21.8. The summed E-state index contributed by atoms with van der Waals surface area (Å²) in [6.07, 6.45) is 1.08. The van der Waals surface area contributed by atoms with E-state index in [0.717, 1.165) is 16.0 Å². The van der Waals surface area contributed by atoms with Crippen molar-refractivity contribution in [3.63, 3.8) is 0 Å². The summed E-state index contributed by atoms with van der Waals surface area (Å²) < 4.78 is 33.4. The van der Waals surface area contributed by atoms with Crippen LogP contribution >= 0.6 is 11.3 Å². The van der Waals surface area contributed by atoms with E-state index in [2.05, 4.69) is 25.5 Å². The predicted molar refractivity (Wildman–Crippen MR) is 146 cm³/mol. The molecule has 3 aromatic heterocycles. The molecule has 0 aliphatic carbocycles. The molecule has 1 aliphatic rings. The molecule has 0 saturated heterocycles. The molecule has 41 heavy (non-hydrogen) atoms. The Morgan fingerprint density at radius 2 is 2.10 bits per heavy atom. The van der Waals surface area contributed by atoms with Crippen LogP contribution in [0.4, 0.5) is 10.1 Å². The van der Waals surface area contributed by atoms with Gasteiger partial charge in [0.25, 0.3) is 0 Å². The quantitative estimate of drug-likeness (QED) is 0.242. The first-order valence-electron chi connectivity index (χ1n) is 12.5. The number of benzene rings is 2. The van der Waals surface area contributed by atoms with Gasteiger partial charge in [-0.1, -0.05) is 5.16 Å². The maximum absolute atomic E-state index is 16.1. The van der Waals surface area contributed by atoms with E-state index >= 15 is 4.39 Å². The molecule has 0 amide bonds. The molecule has 6 rings (SSSR count). The second-order valence-electron chi connectivity index (χ2n) is 9.20. The van der Waals surface area contributed by atoms with Gasteiger partial charge in [0.2, 0.25) is 11.7 Å². The van der Waals surface area contributed by atoms with Gasteiger partial charge < -0.3 is 24.4 Å². The molecule has 0 saturated carbocycles. The zero-order valence-corrected chi connectivity index (χ0v) is 22.6. The van der Waals surface area contributed by atoms with Crippen LogP contribution in [0.5, 0.6) is 11.5 Å². The summed E-state index contributed by atoms with van der Waals surface area (Å²) in [6.45, 7) is 2.14. The van der Waals surface area contributed by atoms with Gasteiger partial charge in [0.15, 0.2) is 17.3 Å². The molecule has 14 heteroatoms. The van der Waals surface area contributed by atoms with Gasteiger partial charge >= 0.3 is 11.7 Å². The van der Waals surface area contributed by atoms with Crippen molar-refractivity contribution in [1.82, 2.24) is 24.9 Å². The van der Waals surface area contributed by atoms with Crippen molar-refractivity contribution < 1.29 is 28.3 Å². The molecule has 12 nitrogen and oxygen atoms in total. The number of nitrogens with zero attached hydrogens (tertiary/aromatic N) is 4. The van der Waals surface area contributed by atoms with Crippen LogP contribution < -0.4 is 20.5 Å². The van der Waals surface area contributed by atoms with Crippen molar-refractivity contribution in [3.05, 3.63) is 85.8 Å². The van der Waals surface area contributed by atoms with Gasteiger partial charge in [0.05, 0.1) is 19.4 Å². The van der Waals surface area contributed by atoms with E-state index in [1.165, 1.54) is 19.2 Å². The van der Waals surface area contributed by atoms with Crippen LogP contribution in [0.25, 0.3) is 17.1 Å². The highest BCUT2D eigenvalue weighted by molar-refractivity contribution is 7.12. The smallest absolute Gasteiger partial charge is 0.348 e. The number of aromatic nitrogens is 5. The number of aromatic carboxylic acids is 1. The highest BCUT2D eigenvalue weighted by Gasteiger charge is 2.30. The molecule has 2 aromatic carbocycles. The van der Waals surface area contributed by atoms with Gasteiger partial charge in [-0.2, -0.15) is 9.67 Å². The summed E-state index contributed by atoms with van der Waals surface area (Å²) in [7, 11) is 1.47. The molecular weight excluding hydrogens is 555 g/mol. The molecule has 3 N–H and O–H groups in total. The van der Waals surface area contributed by atoms with Crippen LogP contribution in [0, 0.1) is 12.7 Å². The number of halogens is 1. The van der Waals surface area contributed by atoms with E-state index in [4.69, 9.17) is 14.0 Å². The van der Waals surface area contributed by atoms with E-state index in [0.29, 0.717) is 59.5 Å². The third-order valence-corrected chi connectivity index (χ3v) is 7.50. The molecule has 0 spiro atoms. The first-order valence-corrected chi connectivity index (χ1v) is 13.4. The zero-order chi connectivity index (χ0) is 28.7. The number of methoxy groups -OCH3 is 1. The monoisotopic (exact) mass is 578 g/mol. The average molecular weight is 579 g/mol. The fraction of sp³-hybridized carbons (Fsp3) is 0.222. The van der Waals surface area contributed by atoms with E-state index in [-0.39, 0.29) is 22.0 Å². The van der Waals surface area contributed by atoms with E-state index in [1.807, 2.05) is 0 Å². The van der Waals surface area contributed by atoms with E-state index in [9.17, 15) is 14.7 Å². The largest absolute Gasteiger partial charge is 0.493 e. The number of ether oxygens (including phenoxy) is 2. The number of hydrogen-bond donors (Lipinski definition) is 3. The maximum Gasteiger partial charge on any atom is 0.348 e. The number of carbonyl (C=O) groups is 1. The summed E-state index contributed by atoms with van der Waals surface area (Å²) >= 11 is 0.966. The minimum atomic E-state index is -1.19. The van der Waals surface area contributed by atoms with Crippen LogP contribution in [-0.4, -0.2) is 49.7 Å². The first kappa shape index (κ1) is 26.3. The van der Waals surface area contributed by atoms with Crippen molar-refractivity contribution in [2.75, 3.05) is 19.0 Å². The third kappa shape index (κ3) is 4.82. The SMILES string of the molecule is COc1cc(C(Nc2ccc(-c3noc(C)n3)cc2)c2nn(-c3ccsc3C(=O)O)c(=O)[nH]2)c(F)c2c1OCCC2. The molecule has 0 fully saturated rings. The number of aryl methyl sites for hydroxylation is 1. The number of aromatic amines is 1. The van der Waals surface area contributed by atoms with Crippen molar-refractivity contribution >= 4 is 23.0 Å². The Hall–Kier alpha value is -4.98. The summed E-state index contributed by atoms with van der Waals surface area (Å²) in [6, 6.07) is 9.04. The van der Waals surface area contributed by atoms with Gasteiger partial charge in [-0.15, -0.1) is 16.4 Å². The van der Waals surface area contributed by atoms with E-state index < -0.39 is 23.5 Å². The summed E-state index contributed by atoms with van der Waals surface area (Å²) in [5.74, 6) is -0.102. The Bertz CT molecular complexity index is 1810. The third-order valence-electron chi connectivity index (χ3n) is 6.61. The van der Waals surface area contributed by atoms with Gasteiger partial charge in [0.1, 0.15) is 16.7 Å². The van der Waals surface area contributed by atoms with Crippen molar-refractivity contribution in [2.45, 2.75) is 25.8 Å². The van der Waals surface area contributed by atoms with Crippen LogP contribution in [0.2, 0.25) is 0 Å². The lowest BCUT2D eigenvalue weighted by atomic mass is 9.96. The standard InChI is InChI=1S/C27H23FN6O6S/c1-13-29-24(33-40-13)14-5-7-15(8-6-14)30-21(17-12-19(38-2)22-16(20(17)28)4-3-10-39-22)25-31-27(37)34(32-25)18-9-11-41-23(18)26(35)36/h5-9,11-12,21,30H,3-4,10H2,1-2H3,(H,35,36)(H,31,32,37). The van der Waals surface area contributed by atoms with Crippen LogP contribution in [0.15, 0.2) is 51.1 Å². The number of carboxylic acids is 1. The molecular formula is C27H23FN6O6S. The van der Waals surface area contributed by atoms with Crippen molar-refractivity contribution in [1.29, 1.82) is 0 Å². The second kappa shape index (κ2) is 10.5. The fourth-order valence-electron chi connectivity index (χ4n) is 4.71. The lowest BCUT2D eigenvalue weighted by Gasteiger charge is -2.25. The molecule has 0 bridgehead atoms. The lowest BCUT2D eigenvalue weighted by Crippen LogP contribution is -2.19. The van der Waals surface area contributed by atoms with Crippen molar-refractivity contribution in [3.8, 4) is 28.6 Å². The molecule has 0 radical (unpaired) electrons. The number of anilines is 1. The number of fused-ring (bicyclic) bond motifs is 1. The lowest BCUT2D eigenvalue weighted by molar-refractivity contribution is 0.0702. The van der Waals surface area contributed by atoms with Crippen LogP contribution in [0.1, 0.15) is 45.0 Å².